The largest absolute Gasteiger partial charge is 0.379 e. The number of nitrogens with one attached hydrogen (secondary N) is 3. The molecule has 1 saturated heterocycles. The van der Waals surface area contributed by atoms with Crippen molar-refractivity contribution in [3.8, 4) is 11.3 Å². The number of fused-ring (bicyclic) bond motifs is 3. The number of thiazole rings is 1. The van der Waals surface area contributed by atoms with Crippen LogP contribution in [-0.2, 0) is 10.2 Å². The lowest BCUT2D eigenvalue weighted by molar-refractivity contribution is 0.00181. The third-order valence-electron chi connectivity index (χ3n) is 7.10. The molecule has 1 aromatic carbocycles. The number of aromatic nitrogens is 4. The number of hydrogen-bond donors (Lipinski definition) is 3. The van der Waals surface area contributed by atoms with Crippen LogP contribution in [0, 0.1) is 0 Å². The molecule has 41 heavy (non-hydrogen) atoms. The van der Waals surface area contributed by atoms with E-state index in [1.54, 1.807) is 17.4 Å². The van der Waals surface area contributed by atoms with Crippen molar-refractivity contribution in [2.24, 2.45) is 0 Å². The van der Waals surface area contributed by atoms with Gasteiger partial charge in [0.15, 0.2) is 10.8 Å². The molecule has 0 aliphatic carbocycles. The van der Waals surface area contributed by atoms with Crippen LogP contribution in [0.5, 0.6) is 0 Å². The van der Waals surface area contributed by atoms with E-state index in [2.05, 4.69) is 43.4 Å². The average Bonchev–Trinajstić information content (AvgIpc) is 3.65. The van der Waals surface area contributed by atoms with Gasteiger partial charge in [-0.05, 0) is 31.2 Å². The van der Waals surface area contributed by atoms with E-state index in [4.69, 9.17) is 19.2 Å². The van der Waals surface area contributed by atoms with Crippen LogP contribution < -0.4 is 16.0 Å². The molecule has 0 saturated carbocycles. The zero-order valence-electron chi connectivity index (χ0n) is 23.6. The highest BCUT2D eigenvalue weighted by Crippen LogP contribution is 2.30. The second-order valence-electron chi connectivity index (χ2n) is 11.3. The summed E-state index contributed by atoms with van der Waals surface area (Å²) in [7, 11) is 0. The van der Waals surface area contributed by atoms with Crippen molar-refractivity contribution in [2.75, 3.05) is 48.8 Å². The summed E-state index contributed by atoms with van der Waals surface area (Å²) in [5, 5.41) is 12.9. The molecule has 214 valence electrons. The number of benzene rings is 1. The Balaban J connectivity index is 1.08. The minimum Gasteiger partial charge on any atom is -0.379 e. The summed E-state index contributed by atoms with van der Waals surface area (Å²) in [6, 6.07) is 13.5. The third-order valence-corrected chi connectivity index (χ3v) is 8.07. The van der Waals surface area contributed by atoms with Gasteiger partial charge < -0.3 is 19.9 Å². The average molecular weight is 575 g/mol. The van der Waals surface area contributed by atoms with Crippen molar-refractivity contribution in [1.29, 1.82) is 0 Å². The van der Waals surface area contributed by atoms with Crippen molar-refractivity contribution >= 4 is 50.0 Å². The van der Waals surface area contributed by atoms with Crippen LogP contribution in [-0.4, -0.2) is 69.3 Å². The van der Waals surface area contributed by atoms with Crippen LogP contribution in [0.2, 0.25) is 0 Å². The van der Waals surface area contributed by atoms with E-state index < -0.39 is 6.03 Å². The molecule has 2 amide bonds. The van der Waals surface area contributed by atoms with Crippen molar-refractivity contribution in [3.63, 3.8) is 0 Å². The van der Waals surface area contributed by atoms with E-state index in [0.29, 0.717) is 23.3 Å². The van der Waals surface area contributed by atoms with Gasteiger partial charge in [0.1, 0.15) is 16.4 Å². The molecule has 1 atom stereocenters. The normalized spacial score (nSPS) is 16.3. The lowest BCUT2D eigenvalue weighted by atomic mass is 9.93. The fraction of sp³-hybridized carbons (Fsp3) is 0.379. The molecule has 1 unspecified atom stereocenters. The number of carbonyl (C=O) groups excluding carboxylic acids is 1. The van der Waals surface area contributed by atoms with Crippen LogP contribution in [0.4, 0.5) is 22.1 Å². The summed E-state index contributed by atoms with van der Waals surface area (Å²) in [5.74, 6) is 1.94. The summed E-state index contributed by atoms with van der Waals surface area (Å²) in [4.78, 5) is 26.3. The van der Waals surface area contributed by atoms with Crippen molar-refractivity contribution < 1.29 is 14.1 Å². The Morgan fingerprint density at radius 1 is 1.10 bits per heavy atom. The van der Waals surface area contributed by atoms with Gasteiger partial charge >= 0.3 is 6.03 Å². The second-order valence-corrected chi connectivity index (χ2v) is 12.2. The fourth-order valence-electron chi connectivity index (χ4n) is 4.74. The number of carbonyl (C=O) groups is 1. The highest BCUT2D eigenvalue weighted by Gasteiger charge is 2.21. The van der Waals surface area contributed by atoms with E-state index in [1.165, 1.54) is 0 Å². The Morgan fingerprint density at radius 3 is 2.68 bits per heavy atom. The maximum Gasteiger partial charge on any atom is 0.324 e. The number of pyridine rings is 1. The highest BCUT2D eigenvalue weighted by molar-refractivity contribution is 7.23. The van der Waals surface area contributed by atoms with Gasteiger partial charge in [-0.3, -0.25) is 14.6 Å². The number of anilines is 3. The second kappa shape index (κ2) is 11.1. The molecule has 0 radical (unpaired) electrons. The van der Waals surface area contributed by atoms with Gasteiger partial charge in [0.25, 0.3) is 0 Å². The minimum absolute atomic E-state index is 0.189. The maximum absolute atomic E-state index is 12.4. The first-order valence-corrected chi connectivity index (χ1v) is 14.5. The monoisotopic (exact) mass is 574 g/mol. The SMILES string of the molecule is CC1COCCN1CCNc1ccc2c(n1)sc1nc(-c3ccc(NC(=O)Nc4cc(C(C)(C)C)on4)cc3)cn12. The Bertz CT molecular complexity index is 1670. The number of imidazole rings is 1. The van der Waals surface area contributed by atoms with E-state index in [1.807, 2.05) is 57.3 Å². The van der Waals surface area contributed by atoms with Crippen LogP contribution in [0.3, 0.4) is 0 Å². The number of urea groups is 1. The first-order chi connectivity index (χ1) is 19.7. The molecule has 11 nitrogen and oxygen atoms in total. The summed E-state index contributed by atoms with van der Waals surface area (Å²) < 4.78 is 12.9. The quantitative estimate of drug-likeness (QED) is 0.227. The molecule has 4 aromatic heterocycles. The van der Waals surface area contributed by atoms with Gasteiger partial charge in [-0.2, -0.15) is 0 Å². The predicted octanol–water partition coefficient (Wildman–Crippen LogP) is 5.67. The molecule has 5 heterocycles. The summed E-state index contributed by atoms with van der Waals surface area (Å²) in [5.41, 5.74) is 3.30. The first kappa shape index (κ1) is 27.2. The Morgan fingerprint density at radius 2 is 1.93 bits per heavy atom. The van der Waals surface area contributed by atoms with Gasteiger partial charge in [-0.1, -0.05) is 49.4 Å². The van der Waals surface area contributed by atoms with Crippen molar-refractivity contribution in [1.82, 2.24) is 24.4 Å². The van der Waals surface area contributed by atoms with Gasteiger partial charge in [-0.25, -0.2) is 14.8 Å². The Hall–Kier alpha value is -4.00. The van der Waals surface area contributed by atoms with Gasteiger partial charge in [0.2, 0.25) is 0 Å². The van der Waals surface area contributed by atoms with Crippen LogP contribution >= 0.6 is 11.3 Å². The van der Waals surface area contributed by atoms with Crippen LogP contribution in [0.25, 0.3) is 26.6 Å². The summed E-state index contributed by atoms with van der Waals surface area (Å²) in [6.07, 6.45) is 2.02. The predicted molar refractivity (Wildman–Crippen MR) is 162 cm³/mol. The lowest BCUT2D eigenvalue weighted by Crippen LogP contribution is -2.45. The highest BCUT2D eigenvalue weighted by atomic mass is 32.1. The summed E-state index contributed by atoms with van der Waals surface area (Å²) in [6.45, 7) is 12.6. The molecule has 3 N–H and O–H groups in total. The maximum atomic E-state index is 12.4. The molecule has 0 bridgehead atoms. The molecular weight excluding hydrogens is 540 g/mol. The standard InChI is InChI=1S/C29H34N8O3S/c1-18-17-39-14-13-36(18)12-11-30-24-10-9-22-26(33-24)41-28-32-21(16-37(22)28)19-5-7-20(8-6-19)31-27(38)34-25-15-23(40-35-25)29(2,3)4/h5-10,15-16,18H,11-14,17H2,1-4H3,(H,30,33)(H2,31,34,35,38). The molecule has 12 heteroatoms. The van der Waals surface area contributed by atoms with Crippen LogP contribution in [0.15, 0.2) is 53.2 Å². The lowest BCUT2D eigenvalue weighted by Gasteiger charge is -2.33. The number of amides is 2. The molecule has 0 spiro atoms. The Kier molecular flexibility index (Phi) is 7.37. The van der Waals surface area contributed by atoms with E-state index in [-0.39, 0.29) is 5.41 Å². The van der Waals surface area contributed by atoms with E-state index in [9.17, 15) is 4.79 Å². The van der Waals surface area contributed by atoms with Gasteiger partial charge in [-0.15, -0.1) is 0 Å². The Labute approximate surface area is 241 Å². The topological polar surface area (TPSA) is 122 Å². The zero-order valence-corrected chi connectivity index (χ0v) is 24.4. The molecular formula is C29H34N8O3S. The number of ether oxygens (including phenoxy) is 1. The van der Waals surface area contributed by atoms with Gasteiger partial charge in [0.05, 0.1) is 24.4 Å². The number of nitrogens with zero attached hydrogens (tertiary/aromatic N) is 5. The number of morpholine rings is 1. The van der Waals surface area contributed by atoms with Crippen molar-refractivity contribution in [3.05, 3.63) is 54.4 Å². The molecule has 1 aliphatic heterocycles. The summed E-state index contributed by atoms with van der Waals surface area (Å²) >= 11 is 1.56. The molecule has 5 aromatic rings. The fourth-order valence-corrected chi connectivity index (χ4v) is 5.72. The van der Waals surface area contributed by atoms with Gasteiger partial charge in [0, 0.05) is 54.6 Å². The zero-order chi connectivity index (χ0) is 28.6. The minimum atomic E-state index is -0.391. The van der Waals surface area contributed by atoms with E-state index in [0.717, 1.165) is 65.2 Å². The molecule has 1 fully saturated rings. The smallest absolute Gasteiger partial charge is 0.324 e. The van der Waals surface area contributed by atoms with Crippen LogP contribution in [0.1, 0.15) is 33.5 Å². The number of rotatable bonds is 7. The number of hydrogen-bond acceptors (Lipinski definition) is 9. The van der Waals surface area contributed by atoms with Crippen molar-refractivity contribution in [2.45, 2.75) is 39.2 Å². The third kappa shape index (κ3) is 6.04. The first-order valence-electron chi connectivity index (χ1n) is 13.7. The molecule has 1 aliphatic rings. The van der Waals surface area contributed by atoms with E-state index >= 15 is 0 Å². The molecule has 6 rings (SSSR count).